The van der Waals surface area contributed by atoms with E-state index in [0.29, 0.717) is 5.69 Å². The van der Waals surface area contributed by atoms with Crippen molar-refractivity contribution in [2.24, 2.45) is 0 Å². The summed E-state index contributed by atoms with van der Waals surface area (Å²) in [7, 11) is -3.61. The van der Waals surface area contributed by atoms with Gasteiger partial charge >= 0.3 is 0 Å². The van der Waals surface area contributed by atoms with Crippen molar-refractivity contribution in [1.29, 1.82) is 0 Å². The Labute approximate surface area is 219 Å². The van der Waals surface area contributed by atoms with Crippen LogP contribution >= 0.6 is 0 Å². The molecule has 0 saturated heterocycles. The van der Waals surface area contributed by atoms with E-state index in [0.717, 1.165) is 23.1 Å². The fourth-order valence-electron chi connectivity index (χ4n) is 2.81. The Morgan fingerprint density at radius 2 is 1.61 bits per heavy atom. The van der Waals surface area contributed by atoms with E-state index in [1.54, 1.807) is 18.3 Å². The monoisotopic (exact) mass is 504 g/mol. The molecule has 0 bridgehead atoms. The molecule has 0 radical (unpaired) electrons. The van der Waals surface area contributed by atoms with Gasteiger partial charge in [0, 0.05) is 11.8 Å². The predicted molar refractivity (Wildman–Crippen MR) is 155 cm³/mol. The smallest absolute Gasteiger partial charge is 0.229 e. The van der Waals surface area contributed by atoms with E-state index in [2.05, 4.69) is 43.1 Å². The zero-order valence-electron chi connectivity index (χ0n) is 22.3. The van der Waals surface area contributed by atoms with E-state index in [1.165, 1.54) is 4.57 Å². The van der Waals surface area contributed by atoms with E-state index in [4.69, 9.17) is 6.42 Å². The van der Waals surface area contributed by atoms with Gasteiger partial charge in [0.05, 0.1) is 18.0 Å². The molecule has 0 aliphatic carbocycles. The fraction of sp³-hybridized carbons (Fsp3) is 0.258. The first-order valence-corrected chi connectivity index (χ1v) is 13.7. The van der Waals surface area contributed by atoms with Crippen LogP contribution < -0.4 is 0 Å². The van der Waals surface area contributed by atoms with E-state index < -0.39 is 9.84 Å². The summed E-state index contributed by atoms with van der Waals surface area (Å²) < 4.78 is 27.3. The Morgan fingerprint density at radius 1 is 1.03 bits per heavy atom. The summed E-state index contributed by atoms with van der Waals surface area (Å²) in [5.74, 6) is 2.38. The molecule has 2 aromatic carbocycles. The molecule has 192 valence electrons. The number of nitrogens with zero attached hydrogens (tertiary/aromatic N) is 2. The number of terminal acetylenes is 1. The van der Waals surface area contributed by atoms with Crippen molar-refractivity contribution in [3.8, 4) is 23.6 Å². The van der Waals surface area contributed by atoms with Gasteiger partial charge in [-0.1, -0.05) is 124 Å². The minimum absolute atomic E-state index is 0.00452. The Morgan fingerprint density at radius 3 is 2.06 bits per heavy atom. The summed E-state index contributed by atoms with van der Waals surface area (Å²) in [6, 6.07) is 16.9. The third kappa shape index (κ3) is 11.7. The lowest BCUT2D eigenvalue weighted by molar-refractivity contribution is 0.574. The molecule has 0 unspecified atom stereocenters. The topological polar surface area (TPSA) is 52.0 Å². The van der Waals surface area contributed by atoms with Gasteiger partial charge in [0.15, 0.2) is 0 Å². The van der Waals surface area contributed by atoms with Crippen LogP contribution in [-0.4, -0.2) is 18.0 Å². The first-order valence-electron chi connectivity index (χ1n) is 12.0. The third-order valence-corrected chi connectivity index (χ3v) is 6.06. The van der Waals surface area contributed by atoms with Gasteiger partial charge in [-0.05, 0) is 25.8 Å². The number of allylic oxidation sites excluding steroid dienone is 4. The number of rotatable bonds is 7. The molecule has 0 spiro atoms. The van der Waals surface area contributed by atoms with Gasteiger partial charge in [-0.15, -0.1) is 6.42 Å². The molecular weight excluding hydrogens is 464 g/mol. The number of sulfone groups is 1. The van der Waals surface area contributed by atoms with Crippen molar-refractivity contribution in [3.63, 3.8) is 0 Å². The van der Waals surface area contributed by atoms with E-state index in [9.17, 15) is 8.42 Å². The second-order valence-corrected chi connectivity index (χ2v) is 9.18. The van der Waals surface area contributed by atoms with Crippen molar-refractivity contribution in [3.05, 3.63) is 109 Å². The maximum Gasteiger partial charge on any atom is 0.229 e. The Kier molecular flexibility index (Phi) is 16.8. The average molecular weight is 505 g/mol. The van der Waals surface area contributed by atoms with Gasteiger partial charge in [0.1, 0.15) is 0 Å². The highest BCUT2D eigenvalue weighted by molar-refractivity contribution is 7.90. The van der Waals surface area contributed by atoms with Crippen LogP contribution in [0.25, 0.3) is 11.3 Å². The number of aryl methyl sites for hydroxylation is 1. The molecule has 1 aromatic heterocycles. The number of benzene rings is 2. The van der Waals surface area contributed by atoms with E-state index in [1.807, 2.05) is 82.3 Å². The summed E-state index contributed by atoms with van der Waals surface area (Å²) in [6.45, 7) is 17.0. The van der Waals surface area contributed by atoms with Crippen LogP contribution in [0.4, 0.5) is 0 Å². The summed E-state index contributed by atoms with van der Waals surface area (Å²) in [5, 5.41) is 0.00452. The molecule has 0 saturated carbocycles. The highest BCUT2D eigenvalue weighted by Gasteiger charge is 2.23. The van der Waals surface area contributed by atoms with Gasteiger partial charge in [-0.2, -0.15) is 0 Å². The summed E-state index contributed by atoms with van der Waals surface area (Å²) in [6.07, 6.45) is 15.7. The van der Waals surface area contributed by atoms with Crippen LogP contribution in [0.2, 0.25) is 0 Å². The number of aromatic nitrogens is 2. The summed E-state index contributed by atoms with van der Waals surface area (Å²) >= 11 is 0. The molecule has 0 aliphatic heterocycles. The first-order chi connectivity index (χ1) is 17.3. The lowest BCUT2D eigenvalue weighted by Gasteiger charge is -2.06. The molecule has 0 aliphatic rings. The van der Waals surface area contributed by atoms with Gasteiger partial charge in [-0.3, -0.25) is 0 Å². The fourth-order valence-corrected chi connectivity index (χ4v) is 4.28. The molecule has 5 heteroatoms. The zero-order chi connectivity index (χ0) is 27.4. The molecule has 3 rings (SSSR count). The van der Waals surface area contributed by atoms with Gasteiger partial charge in [0.25, 0.3) is 0 Å². The summed E-state index contributed by atoms with van der Waals surface area (Å²) in [4.78, 5) is 4.36. The Balaban J connectivity index is 0.000000947. The van der Waals surface area contributed by atoms with Crippen molar-refractivity contribution in [1.82, 2.24) is 9.55 Å². The Hall–Kier alpha value is -3.62. The SMILES string of the molecule is C#CCn1cc(-c2ccccc2)nc1S(=O)(=O)Cc1ccc(C)cc1.C/C=C\CC.C=CC=C.CC. The lowest BCUT2D eigenvalue weighted by Crippen LogP contribution is -2.12. The number of imidazole rings is 1. The minimum Gasteiger partial charge on any atom is -0.310 e. The maximum absolute atomic E-state index is 12.9. The molecule has 0 fully saturated rings. The third-order valence-electron chi connectivity index (χ3n) is 4.46. The lowest BCUT2D eigenvalue weighted by atomic mass is 10.2. The molecule has 0 amide bonds. The van der Waals surface area contributed by atoms with Crippen molar-refractivity contribution in [2.75, 3.05) is 0 Å². The minimum atomic E-state index is -3.61. The molecular formula is C31H40N2O2S. The zero-order valence-corrected chi connectivity index (χ0v) is 23.1. The molecule has 4 nitrogen and oxygen atoms in total. The second kappa shape index (κ2) is 18.7. The van der Waals surface area contributed by atoms with Crippen LogP contribution in [0.1, 0.15) is 45.2 Å². The summed E-state index contributed by atoms with van der Waals surface area (Å²) in [5.41, 5.74) is 3.26. The van der Waals surface area contributed by atoms with Gasteiger partial charge < -0.3 is 4.57 Å². The molecule has 0 atom stereocenters. The number of hydrogen-bond donors (Lipinski definition) is 0. The largest absolute Gasteiger partial charge is 0.310 e. The van der Waals surface area contributed by atoms with Crippen LogP contribution in [0.3, 0.4) is 0 Å². The van der Waals surface area contributed by atoms with Gasteiger partial charge in [-0.25, -0.2) is 13.4 Å². The van der Waals surface area contributed by atoms with E-state index in [-0.39, 0.29) is 17.5 Å². The standard InChI is InChI=1S/C20H18N2O2S.C5H10.C4H6.C2H6/c1-3-13-22-14-19(18-7-5-4-6-8-18)21-20(22)25(23,24)15-17-11-9-16(2)10-12-17;1-3-5-4-2;1-3-4-2;1-2/h1,4-12,14H,13,15H2,2H3;3,5H,4H2,1-2H3;3-4H,1-2H2;1-2H3/b;5-3-;;. The van der Waals surface area contributed by atoms with Crippen LogP contribution in [0.5, 0.6) is 0 Å². The Bertz CT molecular complexity index is 1190. The second-order valence-electron chi connectivity index (χ2n) is 7.30. The van der Waals surface area contributed by atoms with Crippen LogP contribution in [-0.2, 0) is 22.1 Å². The molecule has 36 heavy (non-hydrogen) atoms. The van der Waals surface area contributed by atoms with Crippen molar-refractivity contribution >= 4 is 9.84 Å². The highest BCUT2D eigenvalue weighted by Crippen LogP contribution is 2.23. The molecule has 0 N–H and O–H groups in total. The predicted octanol–water partition coefficient (Wildman–Crippen LogP) is 7.82. The normalized spacial score (nSPS) is 9.89. The highest BCUT2D eigenvalue weighted by atomic mass is 32.2. The maximum atomic E-state index is 12.9. The quantitative estimate of drug-likeness (QED) is 0.187. The first kappa shape index (κ1) is 32.4. The van der Waals surface area contributed by atoms with Crippen LogP contribution in [0, 0.1) is 19.3 Å². The number of hydrogen-bond acceptors (Lipinski definition) is 3. The van der Waals surface area contributed by atoms with Crippen molar-refractivity contribution in [2.45, 2.75) is 58.5 Å². The van der Waals surface area contributed by atoms with Gasteiger partial charge in [0.2, 0.25) is 15.0 Å². The van der Waals surface area contributed by atoms with E-state index >= 15 is 0 Å². The van der Waals surface area contributed by atoms with Crippen LogP contribution in [0.15, 0.2) is 103 Å². The molecule has 1 heterocycles. The average Bonchev–Trinajstić information content (AvgIpc) is 3.33. The van der Waals surface area contributed by atoms with Crippen molar-refractivity contribution < 1.29 is 8.42 Å². The molecule has 3 aromatic rings.